The van der Waals surface area contributed by atoms with Gasteiger partial charge in [0.05, 0.1) is 49.4 Å². The van der Waals surface area contributed by atoms with Crippen LogP contribution < -0.4 is 0 Å². The lowest BCUT2D eigenvalue weighted by molar-refractivity contribution is 0.0983. The van der Waals surface area contributed by atoms with E-state index in [-0.39, 0.29) is 46.1 Å². The predicted octanol–water partition coefficient (Wildman–Crippen LogP) is 8.39. The van der Waals surface area contributed by atoms with Gasteiger partial charge >= 0.3 is 0 Å². The van der Waals surface area contributed by atoms with Crippen LogP contribution in [0.4, 0.5) is 0 Å². The van der Waals surface area contributed by atoms with Gasteiger partial charge in [-0.05, 0) is 98.7 Å². The second-order valence-electron chi connectivity index (χ2n) is 17.3. The molecule has 8 atom stereocenters. The van der Waals surface area contributed by atoms with Crippen molar-refractivity contribution in [2.75, 3.05) is 25.0 Å². The van der Waals surface area contributed by atoms with Gasteiger partial charge in [-0.1, -0.05) is 77.7 Å². The number of allylic oxidation sites excluding steroid dienone is 4. The third-order valence-corrected chi connectivity index (χ3v) is 13.9. The molecule has 0 saturated heterocycles. The van der Waals surface area contributed by atoms with Gasteiger partial charge in [-0.3, -0.25) is 16.7 Å². The lowest BCUT2D eigenvalue weighted by Crippen LogP contribution is -2.30. The van der Waals surface area contributed by atoms with Crippen LogP contribution in [0, 0.1) is 21.7 Å². The minimum Gasteiger partial charge on any atom is -0.266 e. The van der Waals surface area contributed by atoms with Gasteiger partial charge in [-0.15, -0.1) is 26.3 Å². The zero-order valence-corrected chi connectivity index (χ0v) is 38.6. The summed E-state index contributed by atoms with van der Waals surface area (Å²) >= 11 is 0. The molecular formula is C40H72O12S4. The topological polar surface area (TPSA) is 173 Å². The monoisotopic (exact) mass is 872 g/mol. The predicted molar refractivity (Wildman–Crippen MR) is 226 cm³/mol. The van der Waals surface area contributed by atoms with Gasteiger partial charge in [0.1, 0.15) is 0 Å². The van der Waals surface area contributed by atoms with Crippen molar-refractivity contribution >= 4 is 40.5 Å². The van der Waals surface area contributed by atoms with E-state index in [1.54, 1.807) is 0 Å². The Morgan fingerprint density at radius 3 is 0.696 bits per heavy atom. The third kappa shape index (κ3) is 18.7. The molecule has 4 fully saturated rings. The molecule has 0 unspecified atom stereocenters. The molecule has 0 N–H and O–H groups in total. The lowest BCUT2D eigenvalue weighted by atomic mass is 9.83. The van der Waals surface area contributed by atoms with Crippen molar-refractivity contribution in [2.45, 2.75) is 155 Å². The van der Waals surface area contributed by atoms with E-state index in [0.29, 0.717) is 0 Å². The highest BCUT2D eigenvalue weighted by Gasteiger charge is 2.43. The highest BCUT2D eigenvalue weighted by Crippen LogP contribution is 2.46. The second kappa shape index (κ2) is 21.7. The van der Waals surface area contributed by atoms with Crippen molar-refractivity contribution in [3.8, 4) is 0 Å². The van der Waals surface area contributed by atoms with Crippen LogP contribution >= 0.6 is 0 Å². The van der Waals surface area contributed by atoms with Crippen LogP contribution in [0.15, 0.2) is 50.6 Å². The Bertz CT molecular complexity index is 1490. The SMILES string of the molecule is C=CC[C@@]1(C)CCC[C@@H]1OS(C)(=O)=O.C=CC[C@@]1(C)CCC[C@H]1OS(C)(=O)=O.C=CC[C@]1(C)CCC[C@@H]1OS(C)(=O)=O.C=CC[C@]1(C)CCC[C@H]1OS(C)(=O)=O. The highest BCUT2D eigenvalue weighted by molar-refractivity contribution is 7.86. The van der Waals surface area contributed by atoms with Crippen LogP contribution in [0.2, 0.25) is 0 Å². The first-order valence-corrected chi connectivity index (χ1v) is 26.7. The molecule has 0 spiro atoms. The Morgan fingerprint density at radius 2 is 0.571 bits per heavy atom. The van der Waals surface area contributed by atoms with Crippen molar-refractivity contribution in [2.24, 2.45) is 21.7 Å². The summed E-state index contributed by atoms with van der Waals surface area (Å²) in [4.78, 5) is 0. The molecule has 4 saturated carbocycles. The van der Waals surface area contributed by atoms with Gasteiger partial charge in [0.15, 0.2) is 0 Å². The standard InChI is InChI=1S/4C10H18O3S/c4*1-4-7-10(2)8-5-6-9(10)13-14(3,11)12/h4*4,9H,1,5-8H2,2-3H3/t2*9-,10+;2*9-,10-/m1010/s1. The summed E-state index contributed by atoms with van der Waals surface area (Å²) < 4.78 is 109. The molecule has 4 rings (SSSR count). The van der Waals surface area contributed by atoms with E-state index >= 15 is 0 Å². The minimum absolute atomic E-state index is 0.0508. The molecule has 56 heavy (non-hydrogen) atoms. The summed E-state index contributed by atoms with van der Waals surface area (Å²) in [5, 5.41) is 0. The summed E-state index contributed by atoms with van der Waals surface area (Å²) in [6.07, 6.45) is 25.9. The molecule has 4 aliphatic carbocycles. The van der Waals surface area contributed by atoms with Crippen LogP contribution in [-0.4, -0.2) is 83.1 Å². The van der Waals surface area contributed by atoms with Gasteiger partial charge in [0.2, 0.25) is 0 Å². The van der Waals surface area contributed by atoms with Crippen LogP contribution in [0.25, 0.3) is 0 Å². The average molecular weight is 873 g/mol. The molecule has 0 aromatic heterocycles. The maximum absolute atomic E-state index is 11.0. The molecule has 0 aromatic carbocycles. The summed E-state index contributed by atoms with van der Waals surface area (Å²) in [5.74, 6) is 0. The highest BCUT2D eigenvalue weighted by atomic mass is 32.2. The molecule has 0 bridgehead atoms. The average Bonchev–Trinajstić information content (AvgIpc) is 3.75. The normalized spacial score (nSPS) is 33.1. The minimum atomic E-state index is -3.33. The van der Waals surface area contributed by atoms with E-state index in [9.17, 15) is 33.7 Å². The zero-order chi connectivity index (χ0) is 43.3. The first-order chi connectivity index (χ1) is 25.5. The van der Waals surface area contributed by atoms with Gasteiger partial charge in [-0.25, -0.2) is 0 Å². The Morgan fingerprint density at radius 1 is 0.411 bits per heavy atom. The van der Waals surface area contributed by atoms with Crippen molar-refractivity contribution < 1.29 is 50.4 Å². The molecule has 4 aliphatic rings. The maximum atomic E-state index is 11.0. The van der Waals surface area contributed by atoms with E-state index in [2.05, 4.69) is 54.0 Å². The lowest BCUT2D eigenvalue weighted by Gasteiger charge is -2.29. The molecule has 12 nitrogen and oxygen atoms in total. The van der Waals surface area contributed by atoms with E-state index in [1.165, 1.54) is 0 Å². The van der Waals surface area contributed by atoms with Crippen molar-refractivity contribution in [3.05, 3.63) is 50.6 Å². The Kier molecular flexibility index (Phi) is 20.4. The van der Waals surface area contributed by atoms with Gasteiger partial charge in [-0.2, -0.15) is 33.7 Å². The molecule has 16 heteroatoms. The number of rotatable bonds is 16. The van der Waals surface area contributed by atoms with Crippen LogP contribution in [0.3, 0.4) is 0 Å². The molecule has 328 valence electrons. The van der Waals surface area contributed by atoms with Crippen LogP contribution in [0.5, 0.6) is 0 Å². The van der Waals surface area contributed by atoms with Crippen LogP contribution in [0.1, 0.15) is 130 Å². The fraction of sp³-hybridized carbons (Fsp3) is 0.800. The third-order valence-electron chi connectivity index (χ3n) is 11.6. The molecule has 0 radical (unpaired) electrons. The molecule has 0 heterocycles. The first-order valence-electron chi connectivity index (χ1n) is 19.5. The molecular weight excluding hydrogens is 801 g/mol. The van der Waals surface area contributed by atoms with E-state index in [0.717, 1.165) is 128 Å². The Labute approximate surface area is 341 Å². The summed E-state index contributed by atoms with van der Waals surface area (Å²) in [6, 6.07) is 0. The quantitative estimate of drug-likeness (QED) is 0.107. The second-order valence-corrected chi connectivity index (χ2v) is 23.7. The molecule has 0 aromatic rings. The molecule has 0 aliphatic heterocycles. The van der Waals surface area contributed by atoms with Gasteiger partial charge < -0.3 is 0 Å². The van der Waals surface area contributed by atoms with Crippen molar-refractivity contribution in [1.82, 2.24) is 0 Å². The largest absolute Gasteiger partial charge is 0.266 e. The van der Waals surface area contributed by atoms with E-state index in [4.69, 9.17) is 16.7 Å². The van der Waals surface area contributed by atoms with Gasteiger partial charge in [0, 0.05) is 0 Å². The molecule has 0 amide bonds. The summed E-state index contributed by atoms with van der Waals surface area (Å²) in [6.45, 7) is 23.0. The Hall–Kier alpha value is -1.40. The van der Waals surface area contributed by atoms with Crippen molar-refractivity contribution in [1.29, 1.82) is 0 Å². The smallest absolute Gasteiger partial charge is 0.264 e. The number of hydrogen-bond donors (Lipinski definition) is 0. The fourth-order valence-electron chi connectivity index (χ4n) is 8.56. The maximum Gasteiger partial charge on any atom is 0.264 e. The van der Waals surface area contributed by atoms with Crippen LogP contribution in [-0.2, 0) is 57.2 Å². The number of hydrogen-bond acceptors (Lipinski definition) is 12. The van der Waals surface area contributed by atoms with Crippen molar-refractivity contribution in [3.63, 3.8) is 0 Å². The fourth-order valence-corrected chi connectivity index (χ4v) is 11.6. The zero-order valence-electron chi connectivity index (χ0n) is 35.3. The van der Waals surface area contributed by atoms with E-state index in [1.807, 2.05) is 24.3 Å². The van der Waals surface area contributed by atoms with E-state index < -0.39 is 40.5 Å². The summed E-state index contributed by atoms with van der Waals surface area (Å²) in [7, 11) is -13.3. The first kappa shape index (κ1) is 52.6. The van der Waals surface area contributed by atoms with Gasteiger partial charge in [0.25, 0.3) is 40.5 Å². The Balaban J connectivity index is 0.000000373. The summed E-state index contributed by atoms with van der Waals surface area (Å²) in [5.41, 5.74) is -0.203.